The summed E-state index contributed by atoms with van der Waals surface area (Å²) in [5, 5.41) is 18.4. The van der Waals surface area contributed by atoms with Crippen molar-refractivity contribution in [2.45, 2.75) is 52.1 Å². The van der Waals surface area contributed by atoms with Crippen LogP contribution in [0.5, 0.6) is 0 Å². The average molecular weight is 186 g/mol. The van der Waals surface area contributed by atoms with E-state index in [1.165, 1.54) is 5.57 Å². The Labute approximate surface area is 81.3 Å². The zero-order valence-electron chi connectivity index (χ0n) is 9.01. The van der Waals surface area contributed by atoms with E-state index in [0.29, 0.717) is 12.8 Å². The van der Waals surface area contributed by atoms with Crippen molar-refractivity contribution in [3.63, 3.8) is 0 Å². The summed E-state index contributed by atoms with van der Waals surface area (Å²) in [7, 11) is 0. The van der Waals surface area contributed by atoms with Crippen molar-refractivity contribution in [1.82, 2.24) is 0 Å². The van der Waals surface area contributed by atoms with Gasteiger partial charge in [-0.2, -0.15) is 0 Å². The van der Waals surface area contributed by atoms with Gasteiger partial charge in [-0.05, 0) is 46.5 Å². The maximum atomic E-state index is 9.82. The third-order valence-corrected chi connectivity index (χ3v) is 2.11. The van der Waals surface area contributed by atoms with Crippen LogP contribution in [0, 0.1) is 0 Å². The van der Waals surface area contributed by atoms with E-state index in [4.69, 9.17) is 5.11 Å². The Kier molecular flexibility index (Phi) is 6.00. The fraction of sp³-hybridized carbons (Fsp3) is 0.818. The van der Waals surface area contributed by atoms with Gasteiger partial charge in [-0.25, -0.2) is 0 Å². The Balaban J connectivity index is 3.68. The van der Waals surface area contributed by atoms with Gasteiger partial charge in [-0.15, -0.1) is 0 Å². The van der Waals surface area contributed by atoms with E-state index in [2.05, 4.69) is 19.9 Å². The molecule has 0 aromatic carbocycles. The molecule has 0 aliphatic heterocycles. The molecule has 1 unspecified atom stereocenters. The minimum absolute atomic E-state index is 0.165. The molecule has 0 aliphatic rings. The molecule has 0 heterocycles. The van der Waals surface area contributed by atoms with Crippen LogP contribution in [0.1, 0.15) is 46.5 Å². The second-order valence-corrected chi connectivity index (χ2v) is 4.14. The van der Waals surface area contributed by atoms with E-state index in [-0.39, 0.29) is 6.61 Å². The maximum absolute atomic E-state index is 9.82. The van der Waals surface area contributed by atoms with Crippen LogP contribution in [0.15, 0.2) is 11.6 Å². The maximum Gasteiger partial charge on any atom is 0.0623 e. The Morgan fingerprint density at radius 1 is 1.31 bits per heavy atom. The second kappa shape index (κ2) is 6.17. The Morgan fingerprint density at radius 2 is 1.92 bits per heavy atom. The van der Waals surface area contributed by atoms with Gasteiger partial charge in [-0.1, -0.05) is 11.6 Å². The van der Waals surface area contributed by atoms with Gasteiger partial charge in [0.1, 0.15) is 0 Å². The lowest BCUT2D eigenvalue weighted by Gasteiger charge is -2.22. The summed E-state index contributed by atoms with van der Waals surface area (Å²) in [5.41, 5.74) is 0.673. The summed E-state index contributed by atoms with van der Waals surface area (Å²) in [6, 6.07) is 0. The number of aliphatic hydroxyl groups excluding tert-OH is 1. The van der Waals surface area contributed by atoms with Crippen LogP contribution >= 0.6 is 0 Å². The van der Waals surface area contributed by atoms with Gasteiger partial charge in [0, 0.05) is 6.61 Å². The molecule has 0 saturated heterocycles. The monoisotopic (exact) mass is 186 g/mol. The van der Waals surface area contributed by atoms with Crippen molar-refractivity contribution in [3.8, 4) is 0 Å². The van der Waals surface area contributed by atoms with Crippen molar-refractivity contribution in [1.29, 1.82) is 0 Å². The third-order valence-electron chi connectivity index (χ3n) is 2.11. The van der Waals surface area contributed by atoms with Crippen molar-refractivity contribution < 1.29 is 10.2 Å². The van der Waals surface area contributed by atoms with Gasteiger partial charge in [-0.3, -0.25) is 0 Å². The van der Waals surface area contributed by atoms with E-state index < -0.39 is 5.60 Å². The number of hydrogen-bond donors (Lipinski definition) is 2. The minimum Gasteiger partial charge on any atom is -0.396 e. The minimum atomic E-state index is -0.616. The lowest BCUT2D eigenvalue weighted by Crippen LogP contribution is -2.23. The first kappa shape index (κ1) is 12.7. The van der Waals surface area contributed by atoms with Crippen molar-refractivity contribution >= 4 is 0 Å². The fourth-order valence-electron chi connectivity index (χ4n) is 1.26. The molecule has 2 nitrogen and oxygen atoms in total. The average Bonchev–Trinajstić information content (AvgIpc) is 2.00. The first-order valence-electron chi connectivity index (χ1n) is 4.94. The first-order valence-corrected chi connectivity index (χ1v) is 4.94. The Hall–Kier alpha value is -0.340. The van der Waals surface area contributed by atoms with Crippen LogP contribution in [-0.2, 0) is 0 Å². The van der Waals surface area contributed by atoms with Crippen molar-refractivity contribution in [3.05, 3.63) is 11.6 Å². The van der Waals surface area contributed by atoms with E-state index in [1.807, 2.05) is 6.92 Å². The molecule has 78 valence electrons. The van der Waals surface area contributed by atoms with Crippen molar-refractivity contribution in [2.24, 2.45) is 0 Å². The molecule has 0 spiro atoms. The number of allylic oxidation sites excluding steroid dienone is 2. The summed E-state index contributed by atoms with van der Waals surface area (Å²) in [6.45, 7) is 6.12. The zero-order valence-corrected chi connectivity index (χ0v) is 9.01. The standard InChI is InChI=1S/C11H22O2/c1-10(2)6-4-7-11(3,13)8-5-9-12/h6,12-13H,4-5,7-9H2,1-3H3. The quantitative estimate of drug-likeness (QED) is 0.625. The summed E-state index contributed by atoms with van der Waals surface area (Å²) in [6.07, 6.45) is 5.19. The third kappa shape index (κ3) is 8.00. The smallest absolute Gasteiger partial charge is 0.0623 e. The highest BCUT2D eigenvalue weighted by molar-refractivity contribution is 4.94. The molecular weight excluding hydrogens is 164 g/mol. The number of rotatable bonds is 6. The summed E-state index contributed by atoms with van der Waals surface area (Å²) in [5.74, 6) is 0. The van der Waals surface area contributed by atoms with Crippen molar-refractivity contribution in [2.75, 3.05) is 6.61 Å². The van der Waals surface area contributed by atoms with Gasteiger partial charge >= 0.3 is 0 Å². The topological polar surface area (TPSA) is 40.5 Å². The summed E-state index contributed by atoms with van der Waals surface area (Å²) in [4.78, 5) is 0. The van der Waals surface area contributed by atoms with E-state index in [9.17, 15) is 5.11 Å². The summed E-state index contributed by atoms with van der Waals surface area (Å²) < 4.78 is 0. The highest BCUT2D eigenvalue weighted by Gasteiger charge is 2.17. The van der Waals surface area contributed by atoms with Crippen LogP contribution in [-0.4, -0.2) is 22.4 Å². The van der Waals surface area contributed by atoms with Gasteiger partial charge in [0.2, 0.25) is 0 Å². The molecule has 2 N–H and O–H groups in total. The molecule has 1 atom stereocenters. The van der Waals surface area contributed by atoms with E-state index in [0.717, 1.165) is 12.8 Å². The molecule has 0 bridgehead atoms. The van der Waals surface area contributed by atoms with Crippen LogP contribution in [0.4, 0.5) is 0 Å². The molecule has 0 amide bonds. The summed E-state index contributed by atoms with van der Waals surface area (Å²) >= 11 is 0. The van der Waals surface area contributed by atoms with Crippen LogP contribution in [0.2, 0.25) is 0 Å². The second-order valence-electron chi connectivity index (χ2n) is 4.14. The lowest BCUT2D eigenvalue weighted by atomic mass is 9.94. The Bertz CT molecular complexity index is 155. The van der Waals surface area contributed by atoms with Gasteiger partial charge < -0.3 is 10.2 Å². The molecule has 0 rings (SSSR count). The van der Waals surface area contributed by atoms with E-state index in [1.54, 1.807) is 0 Å². The zero-order chi connectivity index (χ0) is 10.3. The van der Waals surface area contributed by atoms with Gasteiger partial charge in [0.15, 0.2) is 0 Å². The van der Waals surface area contributed by atoms with E-state index >= 15 is 0 Å². The highest BCUT2D eigenvalue weighted by Crippen LogP contribution is 2.18. The largest absolute Gasteiger partial charge is 0.396 e. The van der Waals surface area contributed by atoms with Crippen LogP contribution in [0.25, 0.3) is 0 Å². The Morgan fingerprint density at radius 3 is 2.38 bits per heavy atom. The first-order chi connectivity index (χ1) is 5.98. The van der Waals surface area contributed by atoms with Gasteiger partial charge in [0.25, 0.3) is 0 Å². The molecular formula is C11H22O2. The predicted octanol–water partition coefficient (Wildman–Crippen LogP) is 2.26. The predicted molar refractivity (Wildman–Crippen MR) is 55.6 cm³/mol. The lowest BCUT2D eigenvalue weighted by molar-refractivity contribution is 0.0361. The normalized spacial score (nSPS) is 15.2. The molecule has 0 fully saturated rings. The van der Waals surface area contributed by atoms with Crippen LogP contribution in [0.3, 0.4) is 0 Å². The van der Waals surface area contributed by atoms with Gasteiger partial charge in [0.05, 0.1) is 5.60 Å². The molecule has 13 heavy (non-hydrogen) atoms. The number of hydrogen-bond acceptors (Lipinski definition) is 2. The molecule has 0 radical (unpaired) electrons. The molecule has 2 heteroatoms. The molecule has 0 aromatic rings. The molecule has 0 saturated carbocycles. The molecule has 0 aliphatic carbocycles. The number of aliphatic hydroxyl groups is 2. The highest BCUT2D eigenvalue weighted by atomic mass is 16.3. The fourth-order valence-corrected chi connectivity index (χ4v) is 1.26. The van der Waals surface area contributed by atoms with Crippen LogP contribution < -0.4 is 0 Å². The SMILES string of the molecule is CC(C)=CCCC(C)(O)CCCO. The molecule has 0 aromatic heterocycles.